The number of anilines is 2. The number of hydrogen-bond acceptors (Lipinski definition) is 1. The molecular weight excluding hydrogens is 718 g/mol. The second-order valence-corrected chi connectivity index (χ2v) is 16.5. The Kier molecular flexibility index (Phi) is 6.86. The number of allylic oxidation sites excluding steroid dienone is 2. The average Bonchev–Trinajstić information content (AvgIpc) is 3.78. The lowest BCUT2D eigenvalue weighted by Gasteiger charge is -2.36. The quantitative estimate of drug-likeness (QED) is 0.173. The van der Waals surface area contributed by atoms with Gasteiger partial charge in [-0.3, -0.25) is 0 Å². The van der Waals surface area contributed by atoms with Crippen molar-refractivity contribution in [3.05, 3.63) is 219 Å². The molecule has 0 fully saturated rings. The van der Waals surface area contributed by atoms with Crippen LogP contribution in [0.3, 0.4) is 0 Å². The molecule has 4 aliphatic carbocycles. The first-order chi connectivity index (χ1) is 26.5. The molecule has 7 aromatic rings. The van der Waals surface area contributed by atoms with Crippen LogP contribution in [0.2, 0.25) is 0 Å². The molecule has 0 bridgehead atoms. The molecule has 0 N–H and O–H groups in total. The summed E-state index contributed by atoms with van der Waals surface area (Å²) in [4.78, 5) is 2.64. The van der Waals surface area contributed by atoms with Crippen molar-refractivity contribution in [3.63, 3.8) is 0 Å². The molecule has 1 nitrogen and oxygen atoms in total. The van der Waals surface area contributed by atoms with E-state index in [1.54, 1.807) is 0 Å². The number of nitrogens with zero attached hydrogens (tertiary/aromatic N) is 1. The third kappa shape index (κ3) is 4.21. The van der Waals surface area contributed by atoms with E-state index in [-0.39, 0.29) is 11.5 Å². The van der Waals surface area contributed by atoms with Gasteiger partial charge in [0.15, 0.2) is 0 Å². The second-order valence-electron chi connectivity index (χ2n) is 15.7. The number of fused-ring (bicyclic) bond motifs is 13. The van der Waals surface area contributed by atoms with Crippen LogP contribution in [-0.2, 0) is 10.8 Å². The van der Waals surface area contributed by atoms with Crippen LogP contribution in [-0.4, -0.2) is 6.04 Å². The zero-order chi connectivity index (χ0) is 36.2. The minimum Gasteiger partial charge on any atom is -0.334 e. The summed E-state index contributed by atoms with van der Waals surface area (Å²) in [6.07, 6.45) is 8.10. The van der Waals surface area contributed by atoms with Crippen LogP contribution in [0.15, 0.2) is 180 Å². The Morgan fingerprint density at radius 1 is 0.537 bits per heavy atom. The third-order valence-corrected chi connectivity index (χ3v) is 13.3. The summed E-state index contributed by atoms with van der Waals surface area (Å²) in [5.41, 5.74) is 20.6. The maximum Gasteiger partial charge on any atom is 0.0726 e. The largest absolute Gasteiger partial charge is 0.334 e. The van der Waals surface area contributed by atoms with Crippen molar-refractivity contribution in [2.75, 3.05) is 4.90 Å². The molecule has 1 spiro atoms. The lowest BCUT2D eigenvalue weighted by Crippen LogP contribution is -2.31. The highest BCUT2D eigenvalue weighted by Crippen LogP contribution is 2.65. The molecule has 4 aliphatic rings. The minimum atomic E-state index is -0.423. The van der Waals surface area contributed by atoms with Crippen LogP contribution in [0.1, 0.15) is 59.2 Å². The Labute approximate surface area is 326 Å². The highest BCUT2D eigenvalue weighted by Gasteiger charge is 2.53. The average molecular weight is 757 g/mol. The van der Waals surface area contributed by atoms with Crippen molar-refractivity contribution >= 4 is 32.9 Å². The Balaban J connectivity index is 1.16. The van der Waals surface area contributed by atoms with Gasteiger partial charge in [0.05, 0.1) is 11.5 Å². The van der Waals surface area contributed by atoms with Gasteiger partial charge in [0.2, 0.25) is 0 Å². The Bertz CT molecular complexity index is 2750. The molecule has 54 heavy (non-hydrogen) atoms. The fraction of sp³-hybridized carbons (Fsp3) is 0.115. The molecule has 2 unspecified atom stereocenters. The summed E-state index contributed by atoms with van der Waals surface area (Å²) in [7, 11) is 0. The summed E-state index contributed by atoms with van der Waals surface area (Å²) in [5, 5.41) is 0. The first-order valence-corrected chi connectivity index (χ1v) is 19.9. The predicted molar refractivity (Wildman–Crippen MR) is 229 cm³/mol. The van der Waals surface area contributed by atoms with Gasteiger partial charge in [-0.1, -0.05) is 181 Å². The lowest BCUT2D eigenvalue weighted by atomic mass is 9.70. The van der Waals surface area contributed by atoms with Crippen molar-refractivity contribution < 1.29 is 0 Å². The van der Waals surface area contributed by atoms with Crippen LogP contribution < -0.4 is 4.90 Å². The molecule has 0 aromatic heterocycles. The Hall–Kier alpha value is -5.70. The van der Waals surface area contributed by atoms with Gasteiger partial charge in [-0.15, -0.1) is 0 Å². The highest BCUT2D eigenvalue weighted by molar-refractivity contribution is 9.10. The zero-order valence-corrected chi connectivity index (χ0v) is 31.9. The summed E-state index contributed by atoms with van der Waals surface area (Å²) in [6.45, 7) is 4.77. The van der Waals surface area contributed by atoms with Crippen LogP contribution in [0, 0.1) is 0 Å². The maximum absolute atomic E-state index is 3.99. The Morgan fingerprint density at radius 3 is 1.85 bits per heavy atom. The summed E-state index contributed by atoms with van der Waals surface area (Å²) in [5.74, 6) is 0. The molecule has 258 valence electrons. The maximum atomic E-state index is 3.99. The number of rotatable bonds is 4. The van der Waals surface area contributed by atoms with Crippen molar-refractivity contribution in [2.24, 2.45) is 0 Å². The third-order valence-electron chi connectivity index (χ3n) is 12.7. The van der Waals surface area contributed by atoms with Gasteiger partial charge in [0, 0.05) is 32.4 Å². The van der Waals surface area contributed by atoms with Crippen LogP contribution in [0.25, 0.3) is 39.0 Å². The molecule has 0 saturated heterocycles. The van der Waals surface area contributed by atoms with E-state index in [0.29, 0.717) is 0 Å². The van der Waals surface area contributed by atoms with E-state index in [0.717, 1.165) is 10.9 Å². The lowest BCUT2D eigenvalue weighted by molar-refractivity contribution is 0.659. The van der Waals surface area contributed by atoms with E-state index in [4.69, 9.17) is 0 Å². The monoisotopic (exact) mass is 755 g/mol. The van der Waals surface area contributed by atoms with Gasteiger partial charge >= 0.3 is 0 Å². The van der Waals surface area contributed by atoms with Crippen molar-refractivity contribution in [1.82, 2.24) is 0 Å². The van der Waals surface area contributed by atoms with Gasteiger partial charge in [-0.25, -0.2) is 0 Å². The van der Waals surface area contributed by atoms with E-state index >= 15 is 0 Å². The topological polar surface area (TPSA) is 3.24 Å². The molecule has 7 aromatic carbocycles. The van der Waals surface area contributed by atoms with E-state index in [9.17, 15) is 0 Å². The molecular formula is C52H38BrN. The van der Waals surface area contributed by atoms with Crippen molar-refractivity contribution in [1.29, 1.82) is 0 Å². The fourth-order valence-electron chi connectivity index (χ4n) is 10.4. The van der Waals surface area contributed by atoms with Crippen LogP contribution in [0.5, 0.6) is 0 Å². The SMILES string of the molecule is CC1(C)c2ccccc2-c2ccc(N(c3cccc4c3-c3ccccc3C43c4ccccc4-c4c(Br)cccc43)C3C=CC(c4ccccc4)=CC3)cc21. The number of benzene rings is 7. The standard InChI is InChI=1S/C52H38BrN/c1-51(2)41-19-9-6-16-37(41)38-31-30-36(32-46(38)51)54(35-28-26-34(27-29-35)33-14-4-3-5-15-33)48-25-13-23-45-50(48)40-18-8-11-21-43(40)52(45)42-20-10-7-17-39(42)49-44(52)22-12-24-47(49)53/h3-28,30-32,35H,29H2,1-2H3. The molecule has 0 saturated carbocycles. The van der Waals surface area contributed by atoms with E-state index in [1.165, 1.54) is 89.3 Å². The summed E-state index contributed by atoms with van der Waals surface area (Å²) >= 11 is 3.99. The number of halogens is 1. The second kappa shape index (κ2) is 11.6. The normalized spacial score (nSPS) is 19.0. The minimum absolute atomic E-state index is 0.101. The van der Waals surface area contributed by atoms with E-state index in [2.05, 4.69) is 211 Å². The Morgan fingerprint density at radius 2 is 1.13 bits per heavy atom. The van der Waals surface area contributed by atoms with Gasteiger partial charge in [-0.05, 0) is 97.5 Å². The first-order valence-electron chi connectivity index (χ1n) is 19.1. The molecule has 0 amide bonds. The zero-order valence-electron chi connectivity index (χ0n) is 30.4. The van der Waals surface area contributed by atoms with Crippen molar-refractivity contribution in [2.45, 2.75) is 37.1 Å². The highest BCUT2D eigenvalue weighted by atomic mass is 79.9. The molecule has 0 aliphatic heterocycles. The predicted octanol–water partition coefficient (Wildman–Crippen LogP) is 13.6. The first kappa shape index (κ1) is 31.8. The van der Waals surface area contributed by atoms with Gasteiger partial charge in [0.1, 0.15) is 0 Å². The van der Waals surface area contributed by atoms with Crippen LogP contribution in [0.4, 0.5) is 11.4 Å². The van der Waals surface area contributed by atoms with Gasteiger partial charge < -0.3 is 4.90 Å². The van der Waals surface area contributed by atoms with Crippen molar-refractivity contribution in [3.8, 4) is 33.4 Å². The van der Waals surface area contributed by atoms with E-state index < -0.39 is 5.41 Å². The molecule has 0 heterocycles. The number of hydrogen-bond donors (Lipinski definition) is 0. The molecule has 11 rings (SSSR count). The summed E-state index contributed by atoms with van der Waals surface area (Å²) < 4.78 is 1.14. The smallest absolute Gasteiger partial charge is 0.0726 e. The molecule has 2 atom stereocenters. The van der Waals surface area contributed by atoms with Gasteiger partial charge in [0.25, 0.3) is 0 Å². The molecule has 2 heteroatoms. The van der Waals surface area contributed by atoms with Gasteiger partial charge in [-0.2, -0.15) is 0 Å². The summed E-state index contributed by atoms with van der Waals surface area (Å²) in [6, 6.07) is 59.2. The van der Waals surface area contributed by atoms with Crippen LogP contribution >= 0.6 is 15.9 Å². The fourth-order valence-corrected chi connectivity index (χ4v) is 10.9. The van der Waals surface area contributed by atoms with E-state index in [1.807, 2.05) is 0 Å². The molecule has 0 radical (unpaired) electrons.